The molecule has 5 heteroatoms. The molecule has 1 saturated heterocycles. The quantitative estimate of drug-likeness (QED) is 0.898. The largest absolute Gasteiger partial charge is 0.444 e. The van der Waals surface area contributed by atoms with Crippen LogP contribution in [0.4, 0.5) is 4.79 Å². The van der Waals surface area contributed by atoms with Crippen molar-refractivity contribution in [3.05, 3.63) is 35.9 Å². The molecule has 0 saturated carbocycles. The minimum absolute atomic E-state index is 0.00103. The van der Waals surface area contributed by atoms with Crippen LogP contribution >= 0.6 is 0 Å². The third-order valence-electron chi connectivity index (χ3n) is 3.64. The van der Waals surface area contributed by atoms with E-state index in [4.69, 9.17) is 4.74 Å². The number of likely N-dealkylation sites (tertiary alicyclic amines) is 1. The molecule has 5 nitrogen and oxygen atoms in total. The number of nitrogens with zero attached hydrogens (tertiary/aromatic N) is 1. The maximum Gasteiger partial charge on any atom is 0.410 e. The van der Waals surface area contributed by atoms with Gasteiger partial charge >= 0.3 is 6.09 Å². The number of rotatable bonds is 3. The Bertz CT molecular complexity index is 484. The van der Waals surface area contributed by atoms with Crippen molar-refractivity contribution in [2.24, 2.45) is 0 Å². The number of piperidine rings is 1. The monoisotopic (exact) mass is 306 g/mol. The van der Waals surface area contributed by atoms with E-state index in [2.05, 4.69) is 17.4 Å². The maximum atomic E-state index is 12.0. The van der Waals surface area contributed by atoms with E-state index >= 15 is 0 Å². The summed E-state index contributed by atoms with van der Waals surface area (Å²) in [5, 5.41) is 13.6. The molecule has 1 fully saturated rings. The van der Waals surface area contributed by atoms with E-state index in [1.54, 1.807) is 4.90 Å². The molecule has 0 aliphatic carbocycles. The summed E-state index contributed by atoms with van der Waals surface area (Å²) in [5.74, 6) is 0. The number of aliphatic hydroxyl groups excluding tert-OH is 1. The van der Waals surface area contributed by atoms with Crippen molar-refractivity contribution >= 4 is 6.09 Å². The molecular weight excluding hydrogens is 280 g/mol. The molecular formula is C17H26N2O3. The highest BCUT2D eigenvalue weighted by molar-refractivity contribution is 5.68. The van der Waals surface area contributed by atoms with E-state index in [0.717, 1.165) is 6.54 Å². The number of benzene rings is 1. The van der Waals surface area contributed by atoms with Crippen LogP contribution in [0.5, 0.6) is 0 Å². The standard InChI is InChI=1S/C17H26N2O3/c1-17(2,3)22-16(21)19-10-9-14(15(20)12-19)18-11-13-7-5-4-6-8-13/h4-8,14-15,18,20H,9-12H2,1-3H3/t14-,15-/m0/s1. The van der Waals surface area contributed by atoms with Gasteiger partial charge in [-0.15, -0.1) is 0 Å². The van der Waals surface area contributed by atoms with E-state index in [1.165, 1.54) is 5.56 Å². The van der Waals surface area contributed by atoms with E-state index in [-0.39, 0.29) is 12.1 Å². The Morgan fingerprint density at radius 3 is 2.64 bits per heavy atom. The Balaban J connectivity index is 1.81. The van der Waals surface area contributed by atoms with Gasteiger partial charge in [0.05, 0.1) is 12.6 Å². The van der Waals surface area contributed by atoms with E-state index in [0.29, 0.717) is 19.5 Å². The second-order valence-electron chi connectivity index (χ2n) is 6.76. The molecule has 1 aliphatic rings. The number of ether oxygens (including phenoxy) is 1. The van der Waals surface area contributed by atoms with Gasteiger partial charge in [-0.25, -0.2) is 4.79 Å². The van der Waals surface area contributed by atoms with Crippen LogP contribution in [0.2, 0.25) is 0 Å². The first kappa shape index (κ1) is 16.8. The third-order valence-corrected chi connectivity index (χ3v) is 3.64. The highest BCUT2D eigenvalue weighted by atomic mass is 16.6. The van der Waals surface area contributed by atoms with Crippen molar-refractivity contribution in [1.29, 1.82) is 0 Å². The number of hydrogen-bond donors (Lipinski definition) is 2. The van der Waals surface area contributed by atoms with Gasteiger partial charge in [0.2, 0.25) is 0 Å². The first-order valence-electron chi connectivity index (χ1n) is 7.78. The fraction of sp³-hybridized carbons (Fsp3) is 0.588. The summed E-state index contributed by atoms with van der Waals surface area (Å²) in [4.78, 5) is 13.6. The zero-order valence-electron chi connectivity index (χ0n) is 13.6. The number of β-amino-alcohol motifs (C(OH)–C–C–N with tert-alkyl or cyclic N) is 1. The molecule has 2 rings (SSSR count). The Morgan fingerprint density at radius 2 is 2.05 bits per heavy atom. The van der Waals surface area contributed by atoms with Crippen LogP contribution in [0.15, 0.2) is 30.3 Å². The number of nitrogens with one attached hydrogen (secondary N) is 1. The van der Waals surface area contributed by atoms with Gasteiger partial charge in [-0.05, 0) is 32.8 Å². The van der Waals surface area contributed by atoms with Crippen LogP contribution in [-0.2, 0) is 11.3 Å². The minimum Gasteiger partial charge on any atom is -0.444 e. The number of aliphatic hydroxyl groups is 1. The lowest BCUT2D eigenvalue weighted by Gasteiger charge is -2.37. The lowest BCUT2D eigenvalue weighted by Crippen LogP contribution is -2.54. The molecule has 0 aromatic heterocycles. The van der Waals surface area contributed by atoms with Crippen LogP contribution in [0, 0.1) is 0 Å². The topological polar surface area (TPSA) is 61.8 Å². The molecule has 122 valence electrons. The Kier molecular flexibility index (Phi) is 5.42. The molecule has 0 unspecified atom stereocenters. The predicted molar refractivity (Wildman–Crippen MR) is 85.5 cm³/mol. The average Bonchev–Trinajstić information content (AvgIpc) is 2.45. The van der Waals surface area contributed by atoms with Crippen molar-refractivity contribution in [2.75, 3.05) is 13.1 Å². The van der Waals surface area contributed by atoms with Crippen molar-refractivity contribution in [2.45, 2.75) is 51.5 Å². The summed E-state index contributed by atoms with van der Waals surface area (Å²) in [6.45, 7) is 7.15. The lowest BCUT2D eigenvalue weighted by molar-refractivity contribution is -0.00489. The number of carbonyl (C=O) groups is 1. The maximum absolute atomic E-state index is 12.0. The molecule has 2 N–H and O–H groups in total. The van der Waals surface area contributed by atoms with Gasteiger partial charge < -0.3 is 20.1 Å². The van der Waals surface area contributed by atoms with Crippen molar-refractivity contribution in [3.63, 3.8) is 0 Å². The minimum atomic E-state index is -0.579. The van der Waals surface area contributed by atoms with Crippen molar-refractivity contribution in [3.8, 4) is 0 Å². The first-order chi connectivity index (χ1) is 10.3. The molecule has 1 amide bonds. The fourth-order valence-corrected chi connectivity index (χ4v) is 2.51. The van der Waals surface area contributed by atoms with E-state index < -0.39 is 11.7 Å². The molecule has 1 aromatic carbocycles. The van der Waals surface area contributed by atoms with Crippen LogP contribution in [0.3, 0.4) is 0 Å². The van der Waals surface area contributed by atoms with Crippen LogP contribution < -0.4 is 5.32 Å². The normalized spacial score (nSPS) is 22.5. The molecule has 0 spiro atoms. The Hall–Kier alpha value is -1.59. The fourth-order valence-electron chi connectivity index (χ4n) is 2.51. The molecule has 22 heavy (non-hydrogen) atoms. The summed E-state index contributed by atoms with van der Waals surface area (Å²) in [6.07, 6.45) is -0.217. The first-order valence-corrected chi connectivity index (χ1v) is 7.78. The molecule has 2 atom stereocenters. The van der Waals surface area contributed by atoms with Crippen molar-refractivity contribution < 1.29 is 14.6 Å². The molecule has 1 aromatic rings. The van der Waals surface area contributed by atoms with Gasteiger partial charge in [0.1, 0.15) is 5.60 Å². The Labute approximate surface area is 132 Å². The van der Waals surface area contributed by atoms with Crippen LogP contribution in [0.1, 0.15) is 32.8 Å². The van der Waals surface area contributed by atoms with Crippen molar-refractivity contribution in [1.82, 2.24) is 10.2 Å². The number of carbonyl (C=O) groups excluding carboxylic acids is 1. The van der Waals surface area contributed by atoms with Gasteiger partial charge in [0.15, 0.2) is 0 Å². The molecule has 1 aliphatic heterocycles. The van der Waals surface area contributed by atoms with Gasteiger partial charge in [0.25, 0.3) is 0 Å². The summed E-state index contributed by atoms with van der Waals surface area (Å²) >= 11 is 0. The third kappa shape index (κ3) is 5.00. The molecule has 0 radical (unpaired) electrons. The van der Waals surface area contributed by atoms with Crippen LogP contribution in [0.25, 0.3) is 0 Å². The number of hydrogen-bond acceptors (Lipinski definition) is 4. The Morgan fingerprint density at radius 1 is 1.36 bits per heavy atom. The zero-order valence-corrected chi connectivity index (χ0v) is 13.6. The smallest absolute Gasteiger partial charge is 0.410 e. The number of amides is 1. The summed E-state index contributed by atoms with van der Waals surface area (Å²) in [7, 11) is 0. The van der Waals surface area contributed by atoms with Gasteiger partial charge in [-0.3, -0.25) is 0 Å². The second kappa shape index (κ2) is 7.11. The average molecular weight is 306 g/mol. The summed E-state index contributed by atoms with van der Waals surface area (Å²) in [6, 6.07) is 10.1. The SMILES string of the molecule is CC(C)(C)OC(=O)N1CC[C@H](NCc2ccccc2)[C@@H](O)C1. The van der Waals surface area contributed by atoms with Gasteiger partial charge in [-0.1, -0.05) is 30.3 Å². The van der Waals surface area contributed by atoms with E-state index in [1.807, 2.05) is 39.0 Å². The van der Waals surface area contributed by atoms with E-state index in [9.17, 15) is 9.90 Å². The summed E-state index contributed by atoms with van der Waals surface area (Å²) < 4.78 is 5.35. The highest BCUT2D eigenvalue weighted by Crippen LogP contribution is 2.16. The van der Waals surface area contributed by atoms with Crippen LogP contribution in [-0.4, -0.2) is 46.9 Å². The highest BCUT2D eigenvalue weighted by Gasteiger charge is 2.32. The molecule has 1 heterocycles. The predicted octanol–water partition coefficient (Wildman–Crippen LogP) is 2.15. The van der Waals surface area contributed by atoms with Gasteiger partial charge in [-0.2, -0.15) is 0 Å². The summed E-state index contributed by atoms with van der Waals surface area (Å²) in [5.41, 5.74) is 0.675. The van der Waals surface area contributed by atoms with Gasteiger partial charge in [0, 0.05) is 19.1 Å². The lowest BCUT2D eigenvalue weighted by atomic mass is 10.0. The second-order valence-corrected chi connectivity index (χ2v) is 6.76. The molecule has 0 bridgehead atoms. The zero-order chi connectivity index (χ0) is 16.2.